The number of aromatic hydroxyl groups is 1. The Balaban J connectivity index is 2.04. The number of nitrogens with one attached hydrogen (secondary N) is 2. The Morgan fingerprint density at radius 1 is 1.28 bits per heavy atom. The molecular formula is C12H9N3O2S. The first-order chi connectivity index (χ1) is 8.72. The van der Waals surface area contributed by atoms with E-state index in [0.717, 1.165) is 11.8 Å². The summed E-state index contributed by atoms with van der Waals surface area (Å²) in [7, 11) is 0. The number of nitrogens with zero attached hydrogens (tertiary/aromatic N) is 1. The maximum Gasteiger partial charge on any atom is 0.253 e. The molecule has 2 heterocycles. The van der Waals surface area contributed by atoms with Gasteiger partial charge in [0.1, 0.15) is 10.4 Å². The molecule has 0 spiro atoms. The number of fused-ring (bicyclic) bond motifs is 1. The first kappa shape index (κ1) is 10.8. The van der Waals surface area contributed by atoms with Crippen LogP contribution >= 0.6 is 11.3 Å². The third-order valence-electron chi connectivity index (χ3n) is 2.39. The summed E-state index contributed by atoms with van der Waals surface area (Å²) in [6.07, 6.45) is 0. The van der Waals surface area contributed by atoms with E-state index in [-0.39, 0.29) is 11.3 Å². The molecule has 3 aromatic rings. The smallest absolute Gasteiger partial charge is 0.253 e. The molecule has 3 rings (SSSR count). The maximum absolute atomic E-state index is 11.2. The lowest BCUT2D eigenvalue weighted by Gasteiger charge is -1.99. The maximum atomic E-state index is 11.2. The lowest BCUT2D eigenvalue weighted by atomic mass is 10.3. The lowest BCUT2D eigenvalue weighted by Crippen LogP contribution is -2.02. The molecule has 0 saturated heterocycles. The van der Waals surface area contributed by atoms with Crippen LogP contribution in [0.1, 0.15) is 0 Å². The zero-order valence-corrected chi connectivity index (χ0v) is 9.99. The highest BCUT2D eigenvalue weighted by Gasteiger charge is 2.09. The summed E-state index contributed by atoms with van der Waals surface area (Å²) in [5.41, 5.74) is 0.929. The summed E-state index contributed by atoms with van der Waals surface area (Å²) in [5, 5.41) is 13.4. The Bertz CT molecular complexity index is 749. The van der Waals surface area contributed by atoms with Gasteiger partial charge < -0.3 is 15.4 Å². The molecule has 0 aliphatic heterocycles. The minimum absolute atomic E-state index is 0.0487. The van der Waals surface area contributed by atoms with Crippen LogP contribution in [-0.2, 0) is 0 Å². The topological polar surface area (TPSA) is 78.0 Å². The van der Waals surface area contributed by atoms with Crippen LogP contribution in [0.3, 0.4) is 0 Å². The fraction of sp³-hybridized carbons (Fsp3) is 0. The van der Waals surface area contributed by atoms with Crippen LogP contribution in [0.25, 0.3) is 10.3 Å². The van der Waals surface area contributed by atoms with Crippen LogP contribution in [0.2, 0.25) is 0 Å². The largest absolute Gasteiger partial charge is 0.506 e. The normalized spacial score (nSPS) is 10.7. The van der Waals surface area contributed by atoms with Crippen LogP contribution in [0.5, 0.6) is 5.75 Å². The van der Waals surface area contributed by atoms with Crippen molar-refractivity contribution in [1.29, 1.82) is 0 Å². The van der Waals surface area contributed by atoms with E-state index in [4.69, 9.17) is 0 Å². The van der Waals surface area contributed by atoms with E-state index < -0.39 is 0 Å². The number of hydrogen-bond donors (Lipinski definition) is 3. The van der Waals surface area contributed by atoms with Gasteiger partial charge in [-0.2, -0.15) is 0 Å². The highest BCUT2D eigenvalue weighted by Crippen LogP contribution is 2.31. The molecule has 2 aromatic heterocycles. The van der Waals surface area contributed by atoms with Gasteiger partial charge in [-0.15, -0.1) is 0 Å². The van der Waals surface area contributed by atoms with Crippen LogP contribution in [0.4, 0.5) is 10.8 Å². The fourth-order valence-electron chi connectivity index (χ4n) is 1.62. The summed E-state index contributed by atoms with van der Waals surface area (Å²) < 4.78 is 0.563. The number of aromatic nitrogens is 2. The van der Waals surface area contributed by atoms with Gasteiger partial charge in [0.15, 0.2) is 10.8 Å². The molecule has 90 valence electrons. The molecule has 0 aliphatic rings. The Kier molecular flexibility index (Phi) is 2.49. The molecule has 0 aliphatic carbocycles. The molecule has 0 unspecified atom stereocenters. The van der Waals surface area contributed by atoms with Crippen LogP contribution in [0.15, 0.2) is 41.2 Å². The summed E-state index contributed by atoms with van der Waals surface area (Å²) in [5.74, 6) is -0.0487. The second-order valence-corrected chi connectivity index (χ2v) is 4.71. The highest BCUT2D eigenvalue weighted by atomic mass is 32.1. The number of thiazole rings is 1. The van der Waals surface area contributed by atoms with Crippen molar-refractivity contribution >= 4 is 32.5 Å². The quantitative estimate of drug-likeness (QED) is 0.660. The second kappa shape index (κ2) is 4.15. The van der Waals surface area contributed by atoms with Crippen molar-refractivity contribution in [3.8, 4) is 5.75 Å². The molecule has 3 N–H and O–H groups in total. The van der Waals surface area contributed by atoms with Crippen molar-refractivity contribution < 1.29 is 5.11 Å². The van der Waals surface area contributed by atoms with Gasteiger partial charge in [0.05, 0.1) is 0 Å². The van der Waals surface area contributed by atoms with E-state index in [9.17, 15) is 9.90 Å². The first-order valence-corrected chi connectivity index (χ1v) is 6.09. The van der Waals surface area contributed by atoms with E-state index in [0.29, 0.717) is 15.5 Å². The van der Waals surface area contributed by atoms with Crippen molar-refractivity contribution in [1.82, 2.24) is 9.97 Å². The van der Waals surface area contributed by atoms with Crippen molar-refractivity contribution in [2.45, 2.75) is 0 Å². The second-order valence-electron chi connectivity index (χ2n) is 3.71. The number of pyridine rings is 1. The van der Waals surface area contributed by atoms with E-state index in [2.05, 4.69) is 15.3 Å². The number of H-pyrrole nitrogens is 1. The molecule has 0 saturated carbocycles. The standard InChI is InChI=1S/C12H9N3O2S/c16-8-6-9(17)14-11-10(8)18-12(15-11)13-7-4-2-1-3-5-7/h1-6H,(H3,13,14,15,16,17). The molecule has 0 radical (unpaired) electrons. The number of aromatic amines is 1. The average Bonchev–Trinajstić information content (AvgIpc) is 2.73. The molecule has 1 aromatic carbocycles. The van der Waals surface area contributed by atoms with Gasteiger partial charge in [0.2, 0.25) is 0 Å². The fourth-order valence-corrected chi connectivity index (χ4v) is 2.48. The van der Waals surface area contributed by atoms with Crippen molar-refractivity contribution in [3.05, 3.63) is 46.8 Å². The SMILES string of the molecule is O=c1cc(O)c2sc(Nc3ccccc3)nc2[nH]1. The van der Waals surface area contributed by atoms with Gasteiger partial charge in [0.25, 0.3) is 5.56 Å². The molecule has 5 nitrogen and oxygen atoms in total. The minimum atomic E-state index is -0.364. The third-order valence-corrected chi connectivity index (χ3v) is 3.39. The van der Waals surface area contributed by atoms with Crippen molar-refractivity contribution in [3.63, 3.8) is 0 Å². The van der Waals surface area contributed by atoms with E-state index in [1.54, 1.807) is 0 Å². The van der Waals surface area contributed by atoms with E-state index >= 15 is 0 Å². The Hall–Kier alpha value is -2.34. The zero-order valence-electron chi connectivity index (χ0n) is 9.18. The number of anilines is 2. The van der Waals surface area contributed by atoms with Crippen LogP contribution in [-0.4, -0.2) is 15.1 Å². The van der Waals surface area contributed by atoms with Gasteiger partial charge in [0, 0.05) is 11.8 Å². The molecule has 0 bridgehead atoms. The number of rotatable bonds is 2. The van der Waals surface area contributed by atoms with Gasteiger partial charge in [-0.25, -0.2) is 4.98 Å². The summed E-state index contributed by atoms with van der Waals surface area (Å²) in [4.78, 5) is 18.0. The number of hydrogen-bond acceptors (Lipinski definition) is 5. The first-order valence-electron chi connectivity index (χ1n) is 5.27. The number of para-hydroxylation sites is 1. The Morgan fingerprint density at radius 3 is 2.83 bits per heavy atom. The van der Waals surface area contributed by atoms with Crippen molar-refractivity contribution in [2.24, 2.45) is 0 Å². The third kappa shape index (κ3) is 1.93. The lowest BCUT2D eigenvalue weighted by molar-refractivity contribution is 0.481. The molecule has 0 fully saturated rings. The Morgan fingerprint density at radius 2 is 2.06 bits per heavy atom. The Labute approximate surface area is 106 Å². The van der Waals surface area contributed by atoms with Crippen LogP contribution in [0, 0.1) is 0 Å². The monoisotopic (exact) mass is 259 g/mol. The average molecular weight is 259 g/mol. The summed E-state index contributed by atoms with van der Waals surface area (Å²) in [6.45, 7) is 0. The summed E-state index contributed by atoms with van der Waals surface area (Å²) >= 11 is 1.29. The molecule has 6 heteroatoms. The molecular weight excluding hydrogens is 250 g/mol. The van der Waals surface area contributed by atoms with Crippen LogP contribution < -0.4 is 10.9 Å². The molecule has 0 atom stereocenters. The van der Waals surface area contributed by atoms with Gasteiger partial charge in [-0.3, -0.25) is 4.79 Å². The minimum Gasteiger partial charge on any atom is -0.506 e. The zero-order chi connectivity index (χ0) is 12.5. The highest BCUT2D eigenvalue weighted by molar-refractivity contribution is 7.22. The summed E-state index contributed by atoms with van der Waals surface area (Å²) in [6, 6.07) is 10.7. The molecule has 0 amide bonds. The van der Waals surface area contributed by atoms with Gasteiger partial charge >= 0.3 is 0 Å². The predicted octanol–water partition coefficient (Wildman–Crippen LogP) is 2.43. The van der Waals surface area contributed by atoms with Gasteiger partial charge in [-0.1, -0.05) is 29.5 Å². The van der Waals surface area contributed by atoms with Gasteiger partial charge in [-0.05, 0) is 12.1 Å². The predicted molar refractivity (Wildman–Crippen MR) is 71.6 cm³/mol. The van der Waals surface area contributed by atoms with E-state index in [1.807, 2.05) is 30.3 Å². The van der Waals surface area contributed by atoms with E-state index in [1.165, 1.54) is 11.3 Å². The number of benzene rings is 1. The molecule has 18 heavy (non-hydrogen) atoms. The van der Waals surface area contributed by atoms with Crippen molar-refractivity contribution in [2.75, 3.05) is 5.32 Å².